The van der Waals surface area contributed by atoms with E-state index < -0.39 is 28.5 Å². The molecule has 1 aromatic rings. The number of esters is 1. The van der Waals surface area contributed by atoms with Gasteiger partial charge in [-0.25, -0.2) is 13.2 Å². The van der Waals surface area contributed by atoms with Crippen molar-refractivity contribution in [3.8, 4) is 0 Å². The SMILES string of the molecule is CCN(CC)S(=O)(=O)c1ccc(C(=O)OCC(=O)NCC(=O)N(C)C)cc1. The average Bonchev–Trinajstić information content (AvgIpc) is 2.64. The second kappa shape index (κ2) is 10.0. The van der Waals surface area contributed by atoms with E-state index in [4.69, 9.17) is 4.74 Å². The fourth-order valence-corrected chi connectivity index (χ4v) is 3.53. The van der Waals surface area contributed by atoms with E-state index in [0.717, 1.165) is 0 Å². The molecule has 1 N–H and O–H groups in total. The van der Waals surface area contributed by atoms with Crippen LogP contribution in [0.25, 0.3) is 0 Å². The molecule has 0 aliphatic carbocycles. The Morgan fingerprint density at radius 2 is 1.59 bits per heavy atom. The molecule has 150 valence electrons. The zero-order valence-electron chi connectivity index (χ0n) is 15.9. The normalized spacial score (nSPS) is 11.1. The van der Waals surface area contributed by atoms with E-state index in [1.807, 2.05) is 0 Å². The molecule has 0 fully saturated rings. The third-order valence-electron chi connectivity index (χ3n) is 3.70. The van der Waals surface area contributed by atoms with Crippen molar-refractivity contribution in [1.29, 1.82) is 0 Å². The first-order valence-corrected chi connectivity index (χ1v) is 9.81. The van der Waals surface area contributed by atoms with Gasteiger partial charge in [-0.2, -0.15) is 4.31 Å². The molecule has 0 saturated carbocycles. The number of hydrogen-bond donors (Lipinski definition) is 1. The summed E-state index contributed by atoms with van der Waals surface area (Å²) in [6.45, 7) is 3.43. The Labute approximate surface area is 159 Å². The van der Waals surface area contributed by atoms with Crippen LogP contribution < -0.4 is 5.32 Å². The van der Waals surface area contributed by atoms with Crippen LogP contribution in [0.2, 0.25) is 0 Å². The van der Waals surface area contributed by atoms with Crippen LogP contribution in [0.5, 0.6) is 0 Å². The highest BCUT2D eigenvalue weighted by molar-refractivity contribution is 7.89. The molecular weight excluding hydrogens is 374 g/mol. The van der Waals surface area contributed by atoms with Crippen molar-refractivity contribution in [1.82, 2.24) is 14.5 Å². The van der Waals surface area contributed by atoms with Crippen molar-refractivity contribution < 1.29 is 27.5 Å². The minimum atomic E-state index is -3.61. The number of carbonyl (C=O) groups excluding carboxylic acids is 3. The minimum Gasteiger partial charge on any atom is -0.452 e. The molecule has 27 heavy (non-hydrogen) atoms. The number of likely N-dealkylation sites (N-methyl/N-ethyl adjacent to an activating group) is 1. The van der Waals surface area contributed by atoms with E-state index in [1.165, 1.54) is 33.5 Å². The zero-order valence-corrected chi connectivity index (χ0v) is 16.7. The molecule has 0 aliphatic heterocycles. The lowest BCUT2D eigenvalue weighted by Gasteiger charge is -2.18. The van der Waals surface area contributed by atoms with Crippen molar-refractivity contribution in [2.24, 2.45) is 0 Å². The van der Waals surface area contributed by atoms with Crippen LogP contribution in [0.1, 0.15) is 24.2 Å². The maximum Gasteiger partial charge on any atom is 0.338 e. The van der Waals surface area contributed by atoms with Crippen molar-refractivity contribution >= 4 is 27.8 Å². The molecule has 0 bridgehead atoms. The molecule has 0 aromatic heterocycles. The minimum absolute atomic E-state index is 0.0719. The van der Waals surface area contributed by atoms with Gasteiger partial charge in [0.25, 0.3) is 5.91 Å². The molecule has 0 atom stereocenters. The van der Waals surface area contributed by atoms with Gasteiger partial charge >= 0.3 is 5.97 Å². The lowest BCUT2D eigenvalue weighted by atomic mass is 10.2. The van der Waals surface area contributed by atoms with Crippen molar-refractivity contribution in [3.63, 3.8) is 0 Å². The Balaban J connectivity index is 2.65. The summed E-state index contributed by atoms with van der Waals surface area (Å²) >= 11 is 0. The molecule has 0 radical (unpaired) electrons. The molecule has 10 heteroatoms. The Hall–Kier alpha value is -2.46. The van der Waals surface area contributed by atoms with E-state index in [1.54, 1.807) is 27.9 Å². The summed E-state index contributed by atoms with van der Waals surface area (Å²) in [6.07, 6.45) is 0. The first-order chi connectivity index (χ1) is 12.6. The monoisotopic (exact) mass is 399 g/mol. The van der Waals surface area contributed by atoms with Crippen LogP contribution in [0.4, 0.5) is 0 Å². The van der Waals surface area contributed by atoms with Gasteiger partial charge in [0.15, 0.2) is 6.61 Å². The predicted molar refractivity (Wildman–Crippen MR) is 98.5 cm³/mol. The number of hydrogen-bond acceptors (Lipinski definition) is 6. The van der Waals surface area contributed by atoms with Crippen LogP contribution in [0.15, 0.2) is 29.2 Å². The molecule has 0 saturated heterocycles. The fourth-order valence-electron chi connectivity index (χ4n) is 2.07. The Morgan fingerprint density at radius 1 is 1.04 bits per heavy atom. The number of carbonyl (C=O) groups is 3. The summed E-state index contributed by atoms with van der Waals surface area (Å²) in [7, 11) is -0.502. The standard InChI is InChI=1S/C17H25N3O6S/c1-5-20(6-2)27(24,25)14-9-7-13(8-10-14)17(23)26-12-15(21)18-11-16(22)19(3)4/h7-10H,5-6,11-12H2,1-4H3,(H,18,21). The van der Waals surface area contributed by atoms with Gasteiger partial charge in [0.1, 0.15) is 0 Å². The molecule has 0 spiro atoms. The first-order valence-electron chi connectivity index (χ1n) is 8.37. The van der Waals surface area contributed by atoms with Gasteiger partial charge in [-0.1, -0.05) is 13.8 Å². The van der Waals surface area contributed by atoms with Gasteiger partial charge in [-0.15, -0.1) is 0 Å². The summed E-state index contributed by atoms with van der Waals surface area (Å²) in [5.41, 5.74) is 0.116. The summed E-state index contributed by atoms with van der Waals surface area (Å²) < 4.78 is 31.0. The second-order valence-electron chi connectivity index (χ2n) is 5.75. The van der Waals surface area contributed by atoms with Gasteiger partial charge in [0.05, 0.1) is 17.0 Å². The number of amides is 2. The number of benzene rings is 1. The van der Waals surface area contributed by atoms with E-state index in [9.17, 15) is 22.8 Å². The van der Waals surface area contributed by atoms with Crippen LogP contribution in [-0.4, -0.2) is 75.7 Å². The van der Waals surface area contributed by atoms with E-state index in [2.05, 4.69) is 5.32 Å². The molecule has 1 aromatic carbocycles. The van der Waals surface area contributed by atoms with E-state index in [0.29, 0.717) is 13.1 Å². The third kappa shape index (κ3) is 6.33. The van der Waals surface area contributed by atoms with Crippen molar-refractivity contribution in [2.45, 2.75) is 18.7 Å². The molecule has 2 amide bonds. The number of sulfonamides is 1. The van der Waals surface area contributed by atoms with Gasteiger partial charge in [-0.05, 0) is 24.3 Å². The molecule has 1 rings (SSSR count). The fraction of sp³-hybridized carbons (Fsp3) is 0.471. The average molecular weight is 399 g/mol. The lowest BCUT2D eigenvalue weighted by Crippen LogP contribution is -2.38. The molecule has 0 heterocycles. The van der Waals surface area contributed by atoms with E-state index in [-0.39, 0.29) is 22.9 Å². The quantitative estimate of drug-likeness (QED) is 0.589. The highest BCUT2D eigenvalue weighted by Crippen LogP contribution is 2.16. The Morgan fingerprint density at radius 3 is 2.07 bits per heavy atom. The van der Waals surface area contributed by atoms with Crippen LogP contribution in [0, 0.1) is 0 Å². The molecule has 0 unspecified atom stereocenters. The van der Waals surface area contributed by atoms with Gasteiger partial charge in [0, 0.05) is 27.2 Å². The largest absolute Gasteiger partial charge is 0.452 e. The first kappa shape index (κ1) is 22.6. The van der Waals surface area contributed by atoms with Gasteiger partial charge < -0.3 is 15.0 Å². The number of rotatable bonds is 9. The van der Waals surface area contributed by atoms with Crippen molar-refractivity contribution in [3.05, 3.63) is 29.8 Å². The third-order valence-corrected chi connectivity index (χ3v) is 5.77. The Bertz CT molecular complexity index is 770. The summed E-state index contributed by atoms with van der Waals surface area (Å²) in [6, 6.07) is 5.29. The van der Waals surface area contributed by atoms with Crippen LogP contribution in [-0.2, 0) is 24.3 Å². The van der Waals surface area contributed by atoms with Crippen LogP contribution >= 0.6 is 0 Å². The maximum atomic E-state index is 12.4. The number of ether oxygens (including phenoxy) is 1. The number of nitrogens with one attached hydrogen (secondary N) is 1. The molecule has 0 aliphatic rings. The van der Waals surface area contributed by atoms with Gasteiger partial charge in [0.2, 0.25) is 15.9 Å². The second-order valence-corrected chi connectivity index (χ2v) is 7.69. The highest BCUT2D eigenvalue weighted by Gasteiger charge is 2.22. The topological polar surface area (TPSA) is 113 Å². The summed E-state index contributed by atoms with van der Waals surface area (Å²) in [5.74, 6) is -1.67. The van der Waals surface area contributed by atoms with Gasteiger partial charge in [-0.3, -0.25) is 9.59 Å². The van der Waals surface area contributed by atoms with Crippen LogP contribution in [0.3, 0.4) is 0 Å². The molecular formula is C17H25N3O6S. The molecule has 9 nitrogen and oxygen atoms in total. The number of nitrogens with zero attached hydrogens (tertiary/aromatic N) is 2. The zero-order chi connectivity index (χ0) is 20.6. The highest BCUT2D eigenvalue weighted by atomic mass is 32.2. The lowest BCUT2D eigenvalue weighted by molar-refractivity contribution is -0.131. The summed E-state index contributed by atoms with van der Waals surface area (Å²) in [4.78, 5) is 36.3. The van der Waals surface area contributed by atoms with Crippen molar-refractivity contribution in [2.75, 3.05) is 40.3 Å². The van der Waals surface area contributed by atoms with E-state index >= 15 is 0 Å². The maximum absolute atomic E-state index is 12.4. The summed E-state index contributed by atoms with van der Waals surface area (Å²) in [5, 5.41) is 2.33. The smallest absolute Gasteiger partial charge is 0.338 e. The predicted octanol–water partition coefficient (Wildman–Crippen LogP) is 0.0783. The Kier molecular flexibility index (Phi) is 8.38.